The van der Waals surface area contributed by atoms with Crippen LogP contribution in [0.2, 0.25) is 0 Å². The summed E-state index contributed by atoms with van der Waals surface area (Å²) in [6.45, 7) is 3.69. The number of esters is 1. The number of aromatic nitrogens is 1. The zero-order chi connectivity index (χ0) is 24.5. The van der Waals surface area contributed by atoms with Gasteiger partial charge in [0.15, 0.2) is 17.7 Å². The van der Waals surface area contributed by atoms with E-state index in [4.69, 9.17) is 14.2 Å². The maximum atomic E-state index is 12.3. The molecular formula is C23H27N5O6. The molecule has 2 heterocycles. The van der Waals surface area contributed by atoms with Crippen LogP contribution in [0.1, 0.15) is 31.0 Å². The second-order valence-electron chi connectivity index (χ2n) is 7.20. The predicted octanol–water partition coefficient (Wildman–Crippen LogP) is 1.60. The average Bonchev–Trinajstić information content (AvgIpc) is 2.83. The minimum absolute atomic E-state index is 0.108. The summed E-state index contributed by atoms with van der Waals surface area (Å²) in [5.41, 5.74) is 4.69. The van der Waals surface area contributed by atoms with E-state index in [9.17, 15) is 14.7 Å². The quantitative estimate of drug-likeness (QED) is 0.178. The van der Waals surface area contributed by atoms with E-state index in [0.29, 0.717) is 29.4 Å². The van der Waals surface area contributed by atoms with E-state index >= 15 is 0 Å². The Labute approximate surface area is 196 Å². The van der Waals surface area contributed by atoms with Gasteiger partial charge < -0.3 is 30.0 Å². The number of nitrogens with zero attached hydrogens (tertiary/aromatic N) is 2. The Morgan fingerprint density at radius 1 is 1.26 bits per heavy atom. The third-order valence-corrected chi connectivity index (χ3v) is 4.82. The number of nitrogens with one attached hydrogen (secondary N) is 3. The monoisotopic (exact) mass is 469 g/mol. The molecule has 2 atom stereocenters. The van der Waals surface area contributed by atoms with Crippen LogP contribution in [0.15, 0.2) is 59.1 Å². The topological polar surface area (TPSA) is 143 Å². The number of rotatable bonds is 10. The fraction of sp³-hybridized carbons (Fsp3) is 0.304. The number of ether oxygens (including phenoxy) is 3. The molecule has 2 amide bonds. The highest BCUT2D eigenvalue weighted by Gasteiger charge is 2.32. The molecule has 0 bridgehead atoms. The number of hydrogen-bond donors (Lipinski definition) is 4. The summed E-state index contributed by atoms with van der Waals surface area (Å²) in [5, 5.41) is 19.4. The third-order valence-electron chi connectivity index (χ3n) is 4.82. The largest absolute Gasteiger partial charge is 0.490 e. The van der Waals surface area contributed by atoms with E-state index in [-0.39, 0.29) is 12.2 Å². The molecule has 1 aromatic carbocycles. The normalized spacial score (nSPS) is 16.5. The van der Waals surface area contributed by atoms with Gasteiger partial charge in [-0.1, -0.05) is 6.07 Å². The maximum Gasteiger partial charge on any atom is 0.337 e. The molecule has 34 heavy (non-hydrogen) atoms. The molecule has 11 heteroatoms. The minimum Gasteiger partial charge on any atom is -0.490 e. The van der Waals surface area contributed by atoms with Gasteiger partial charge in [0.2, 0.25) is 0 Å². The van der Waals surface area contributed by atoms with Crippen molar-refractivity contribution in [3.05, 3.63) is 65.1 Å². The van der Waals surface area contributed by atoms with Crippen LogP contribution in [-0.4, -0.2) is 54.9 Å². The van der Waals surface area contributed by atoms with Crippen molar-refractivity contribution in [2.24, 2.45) is 5.10 Å². The lowest BCUT2D eigenvalue weighted by molar-refractivity contribution is -0.136. The van der Waals surface area contributed by atoms with Gasteiger partial charge in [-0.15, -0.1) is 0 Å². The summed E-state index contributed by atoms with van der Waals surface area (Å²) in [6.07, 6.45) is 3.75. The van der Waals surface area contributed by atoms with Gasteiger partial charge in [0.1, 0.15) is 6.61 Å². The predicted molar refractivity (Wildman–Crippen MR) is 123 cm³/mol. The van der Waals surface area contributed by atoms with Gasteiger partial charge in [-0.2, -0.15) is 5.10 Å². The second kappa shape index (κ2) is 11.7. The SMILES string of the molecule is CCOc1cc([C@H]2NC(=O)NC(C)=C2C(=O)OC)ccc1OC[C@H](O)N/N=C\c1ccncc1. The Hall–Kier alpha value is -4.12. The number of methoxy groups -OCH3 is 1. The number of benzene rings is 1. The smallest absolute Gasteiger partial charge is 0.337 e. The molecule has 11 nitrogen and oxygen atoms in total. The van der Waals surface area contributed by atoms with Gasteiger partial charge in [0, 0.05) is 18.1 Å². The summed E-state index contributed by atoms with van der Waals surface area (Å²) >= 11 is 0. The molecule has 4 N–H and O–H groups in total. The third kappa shape index (κ3) is 6.23. The first-order valence-corrected chi connectivity index (χ1v) is 10.6. The number of hydrazone groups is 1. The van der Waals surface area contributed by atoms with Gasteiger partial charge >= 0.3 is 12.0 Å². The molecule has 0 radical (unpaired) electrons. The molecule has 0 fully saturated rings. The molecule has 3 rings (SSSR count). The Morgan fingerprint density at radius 2 is 2.03 bits per heavy atom. The number of allylic oxidation sites excluding steroid dienone is 1. The Balaban J connectivity index is 1.72. The zero-order valence-corrected chi connectivity index (χ0v) is 19.1. The number of aliphatic hydroxyl groups excluding tert-OH is 1. The van der Waals surface area contributed by atoms with Crippen LogP contribution in [-0.2, 0) is 9.53 Å². The van der Waals surface area contributed by atoms with Gasteiger partial charge in [0.25, 0.3) is 0 Å². The van der Waals surface area contributed by atoms with Crippen molar-refractivity contribution in [1.82, 2.24) is 21.0 Å². The number of carbonyl (C=O) groups is 2. The number of amides is 2. The molecule has 1 aliphatic heterocycles. The molecule has 0 saturated carbocycles. The van der Waals surface area contributed by atoms with Crippen molar-refractivity contribution < 1.29 is 28.9 Å². The van der Waals surface area contributed by atoms with E-state index in [0.717, 1.165) is 5.56 Å². The minimum atomic E-state index is -1.08. The molecular weight excluding hydrogens is 442 g/mol. The summed E-state index contributed by atoms with van der Waals surface area (Å²) < 4.78 is 16.3. The van der Waals surface area contributed by atoms with Crippen molar-refractivity contribution in [3.63, 3.8) is 0 Å². The molecule has 2 aromatic rings. The van der Waals surface area contributed by atoms with E-state index < -0.39 is 24.3 Å². The second-order valence-corrected chi connectivity index (χ2v) is 7.20. The molecule has 0 unspecified atom stereocenters. The number of pyridine rings is 1. The van der Waals surface area contributed by atoms with E-state index in [1.54, 1.807) is 55.9 Å². The number of aliphatic hydroxyl groups is 1. The number of hydrogen-bond acceptors (Lipinski definition) is 9. The van der Waals surface area contributed by atoms with Gasteiger partial charge in [-0.3, -0.25) is 10.4 Å². The first-order chi connectivity index (χ1) is 16.4. The van der Waals surface area contributed by atoms with Crippen LogP contribution in [0.4, 0.5) is 4.79 Å². The van der Waals surface area contributed by atoms with E-state index in [2.05, 4.69) is 26.1 Å². The first kappa shape index (κ1) is 24.5. The highest BCUT2D eigenvalue weighted by atomic mass is 16.5. The highest BCUT2D eigenvalue weighted by molar-refractivity contribution is 5.95. The fourth-order valence-electron chi connectivity index (χ4n) is 3.27. The summed E-state index contributed by atoms with van der Waals surface area (Å²) in [7, 11) is 1.28. The molecule has 0 spiro atoms. The van der Waals surface area contributed by atoms with Crippen LogP contribution >= 0.6 is 0 Å². The van der Waals surface area contributed by atoms with Gasteiger partial charge in [-0.05, 0) is 49.2 Å². The summed E-state index contributed by atoms with van der Waals surface area (Å²) in [6, 6.07) is 7.40. The van der Waals surface area contributed by atoms with Crippen molar-refractivity contribution in [2.45, 2.75) is 26.1 Å². The fourth-order valence-corrected chi connectivity index (χ4v) is 3.27. The van der Waals surface area contributed by atoms with Crippen molar-refractivity contribution in [2.75, 3.05) is 20.3 Å². The van der Waals surface area contributed by atoms with Gasteiger partial charge in [0.05, 0.1) is 31.5 Å². The van der Waals surface area contributed by atoms with Crippen LogP contribution in [0.3, 0.4) is 0 Å². The van der Waals surface area contributed by atoms with Gasteiger partial charge in [-0.25, -0.2) is 9.59 Å². The van der Waals surface area contributed by atoms with Crippen LogP contribution in [0, 0.1) is 0 Å². The van der Waals surface area contributed by atoms with Crippen LogP contribution in [0.25, 0.3) is 0 Å². The van der Waals surface area contributed by atoms with Crippen molar-refractivity contribution >= 4 is 18.2 Å². The van der Waals surface area contributed by atoms with Crippen molar-refractivity contribution in [3.8, 4) is 11.5 Å². The summed E-state index contributed by atoms with van der Waals surface area (Å²) in [5.74, 6) is 0.210. The lowest BCUT2D eigenvalue weighted by Gasteiger charge is -2.28. The standard InChI is InChI=1S/C23H27N5O6/c1-4-33-18-11-16(21-20(22(30)32-3)14(2)26-23(31)27-21)5-6-17(18)34-13-19(29)28-25-12-15-7-9-24-10-8-15/h5-12,19,21,28-29H,4,13H2,1-3H3,(H2,26,27,31)/b25-12-/t19-,21+/m0/s1. The lowest BCUT2D eigenvalue weighted by atomic mass is 9.95. The Morgan fingerprint density at radius 3 is 2.74 bits per heavy atom. The average molecular weight is 469 g/mol. The molecule has 0 saturated heterocycles. The molecule has 1 aromatic heterocycles. The number of carbonyl (C=O) groups excluding carboxylic acids is 2. The highest BCUT2D eigenvalue weighted by Crippen LogP contribution is 2.34. The van der Waals surface area contributed by atoms with E-state index in [1.165, 1.54) is 7.11 Å². The Kier molecular flexibility index (Phi) is 8.41. The molecule has 0 aliphatic carbocycles. The lowest BCUT2D eigenvalue weighted by Crippen LogP contribution is -2.45. The molecule has 180 valence electrons. The van der Waals surface area contributed by atoms with E-state index in [1.807, 2.05) is 6.92 Å². The van der Waals surface area contributed by atoms with Crippen LogP contribution in [0.5, 0.6) is 11.5 Å². The van der Waals surface area contributed by atoms with Crippen LogP contribution < -0.4 is 25.5 Å². The maximum absolute atomic E-state index is 12.3. The first-order valence-electron chi connectivity index (χ1n) is 10.6. The van der Waals surface area contributed by atoms with Crippen molar-refractivity contribution in [1.29, 1.82) is 0 Å². The molecule has 1 aliphatic rings. The zero-order valence-electron chi connectivity index (χ0n) is 19.1. The summed E-state index contributed by atoms with van der Waals surface area (Å²) in [4.78, 5) is 28.3. The Bertz CT molecular complexity index is 1070. The number of urea groups is 1.